The summed E-state index contributed by atoms with van der Waals surface area (Å²) < 4.78 is 5.47. The van der Waals surface area contributed by atoms with Crippen LogP contribution in [-0.2, 0) is 14.3 Å². The van der Waals surface area contributed by atoms with Gasteiger partial charge >= 0.3 is 5.97 Å². The van der Waals surface area contributed by atoms with E-state index in [0.29, 0.717) is 25.9 Å². The highest BCUT2D eigenvalue weighted by molar-refractivity contribution is 5.76. The van der Waals surface area contributed by atoms with Crippen LogP contribution in [0, 0.1) is 0 Å². The minimum Gasteiger partial charge on any atom is -0.466 e. The van der Waals surface area contributed by atoms with Crippen LogP contribution in [0.5, 0.6) is 0 Å². The summed E-state index contributed by atoms with van der Waals surface area (Å²) in [5.41, 5.74) is 0. The van der Waals surface area contributed by atoms with Gasteiger partial charge in [-0.05, 0) is 51.4 Å². The van der Waals surface area contributed by atoms with Gasteiger partial charge in [-0.25, -0.2) is 0 Å². The van der Waals surface area contributed by atoms with Crippen LogP contribution in [0.1, 0.15) is 328 Å². The quantitative estimate of drug-likeness (QED) is 0.0321. The summed E-state index contributed by atoms with van der Waals surface area (Å²) >= 11 is 0. The molecule has 0 saturated heterocycles. The van der Waals surface area contributed by atoms with Crippen molar-refractivity contribution in [3.05, 3.63) is 12.2 Å². The van der Waals surface area contributed by atoms with Crippen molar-refractivity contribution in [1.82, 2.24) is 5.32 Å². The van der Waals surface area contributed by atoms with Crippen LogP contribution in [-0.4, -0.2) is 47.4 Å². The van der Waals surface area contributed by atoms with E-state index in [4.69, 9.17) is 4.74 Å². The molecule has 0 aromatic heterocycles. The largest absolute Gasteiger partial charge is 0.466 e. The molecule has 0 fully saturated rings. The lowest BCUT2D eigenvalue weighted by atomic mass is 10.0. The monoisotopic (exact) mass is 918 g/mol. The number of hydrogen-bond donors (Lipinski definition) is 3. The molecule has 386 valence electrons. The van der Waals surface area contributed by atoms with Gasteiger partial charge in [-0.1, -0.05) is 276 Å². The highest BCUT2D eigenvalue weighted by Crippen LogP contribution is 2.18. The Hall–Kier alpha value is -1.40. The topological polar surface area (TPSA) is 95.9 Å². The molecule has 0 aromatic rings. The summed E-state index contributed by atoms with van der Waals surface area (Å²) in [7, 11) is 0. The van der Waals surface area contributed by atoms with Gasteiger partial charge in [-0.15, -0.1) is 0 Å². The maximum atomic E-state index is 12.5. The van der Waals surface area contributed by atoms with Gasteiger partial charge in [0.25, 0.3) is 0 Å². The first-order valence-corrected chi connectivity index (χ1v) is 29.4. The predicted octanol–water partition coefficient (Wildman–Crippen LogP) is 18.1. The van der Waals surface area contributed by atoms with E-state index in [1.165, 1.54) is 225 Å². The second-order valence-corrected chi connectivity index (χ2v) is 20.3. The van der Waals surface area contributed by atoms with E-state index in [0.717, 1.165) is 70.6 Å². The molecule has 2 atom stereocenters. The third-order valence-corrected chi connectivity index (χ3v) is 13.8. The SMILES string of the molecule is CCCCCCCCCCCCCCCCCCCCC(O)C(CO)NC(=O)CCCCCCCCC/C=C\CCCCCCOC(=O)CCCCCCCCCCCCCCCCC. The van der Waals surface area contributed by atoms with Crippen LogP contribution in [0.3, 0.4) is 0 Å². The Balaban J connectivity index is 3.46. The summed E-state index contributed by atoms with van der Waals surface area (Å²) in [5, 5.41) is 23.3. The molecule has 0 saturated carbocycles. The molecule has 0 heterocycles. The van der Waals surface area contributed by atoms with Gasteiger partial charge in [0.2, 0.25) is 5.91 Å². The number of unbranched alkanes of at least 4 members (excludes halogenated alkanes) is 42. The number of allylic oxidation sites excluding steroid dienone is 2. The van der Waals surface area contributed by atoms with Gasteiger partial charge in [0.15, 0.2) is 0 Å². The second kappa shape index (κ2) is 55.2. The van der Waals surface area contributed by atoms with Gasteiger partial charge in [-0.2, -0.15) is 0 Å². The maximum absolute atomic E-state index is 12.5. The fraction of sp³-hybridized carbons (Fsp3) is 0.932. The number of esters is 1. The molecule has 0 aliphatic heterocycles. The van der Waals surface area contributed by atoms with Crippen molar-refractivity contribution in [3.8, 4) is 0 Å². The average Bonchev–Trinajstić information content (AvgIpc) is 3.31. The number of nitrogens with one attached hydrogen (secondary N) is 1. The van der Waals surface area contributed by atoms with E-state index in [1.54, 1.807) is 0 Å². The zero-order valence-corrected chi connectivity index (χ0v) is 44.0. The number of carbonyl (C=O) groups excluding carboxylic acids is 2. The minimum absolute atomic E-state index is 0.00636. The van der Waals surface area contributed by atoms with E-state index in [1.807, 2.05) is 0 Å². The second-order valence-electron chi connectivity index (χ2n) is 20.3. The molecular weight excluding hydrogens is 803 g/mol. The molecule has 0 aliphatic carbocycles. The normalized spacial score (nSPS) is 12.6. The van der Waals surface area contributed by atoms with Crippen LogP contribution >= 0.6 is 0 Å². The van der Waals surface area contributed by atoms with Crippen molar-refractivity contribution >= 4 is 11.9 Å². The average molecular weight is 919 g/mol. The highest BCUT2D eigenvalue weighted by atomic mass is 16.5. The first-order valence-electron chi connectivity index (χ1n) is 29.4. The molecule has 2 unspecified atom stereocenters. The first kappa shape index (κ1) is 63.6. The van der Waals surface area contributed by atoms with E-state index in [2.05, 4.69) is 31.3 Å². The first-order chi connectivity index (χ1) is 32.0. The minimum atomic E-state index is -0.674. The zero-order valence-electron chi connectivity index (χ0n) is 44.0. The standard InChI is InChI=1S/C59H115NO5/c1-3-5-7-9-11-13-15-17-19-20-21-24-27-31-35-39-43-47-51-57(62)56(55-61)60-58(63)52-48-44-40-36-32-28-25-22-26-30-34-38-42-46-50-54-65-59(64)53-49-45-41-37-33-29-23-18-16-14-12-10-8-6-4-2/h26,30,56-57,61-62H,3-25,27-29,31-55H2,1-2H3,(H,60,63)/b30-26-. The van der Waals surface area contributed by atoms with Crippen LogP contribution in [0.25, 0.3) is 0 Å². The predicted molar refractivity (Wildman–Crippen MR) is 283 cm³/mol. The van der Waals surface area contributed by atoms with Gasteiger partial charge in [0, 0.05) is 12.8 Å². The Morgan fingerprint density at radius 1 is 0.415 bits per heavy atom. The van der Waals surface area contributed by atoms with Crippen molar-refractivity contribution in [2.45, 2.75) is 341 Å². The molecule has 0 spiro atoms. The molecule has 0 bridgehead atoms. The Labute approximate surface area is 406 Å². The van der Waals surface area contributed by atoms with Crippen molar-refractivity contribution in [3.63, 3.8) is 0 Å². The van der Waals surface area contributed by atoms with Gasteiger partial charge < -0.3 is 20.3 Å². The number of ether oxygens (including phenoxy) is 1. The number of aliphatic hydroxyl groups excluding tert-OH is 2. The summed E-state index contributed by atoms with van der Waals surface area (Å²) in [4.78, 5) is 24.5. The number of amides is 1. The van der Waals surface area contributed by atoms with Crippen LogP contribution < -0.4 is 5.32 Å². The molecular formula is C59H115NO5. The molecule has 65 heavy (non-hydrogen) atoms. The van der Waals surface area contributed by atoms with Crippen molar-refractivity contribution in [1.29, 1.82) is 0 Å². The Kier molecular flexibility index (Phi) is 54.0. The molecule has 0 rings (SSSR count). The van der Waals surface area contributed by atoms with Crippen LogP contribution in [0.2, 0.25) is 0 Å². The van der Waals surface area contributed by atoms with Gasteiger partial charge in [0.1, 0.15) is 0 Å². The molecule has 0 aliphatic rings. The maximum Gasteiger partial charge on any atom is 0.305 e. The molecule has 0 radical (unpaired) electrons. The lowest BCUT2D eigenvalue weighted by Gasteiger charge is -2.22. The molecule has 1 amide bonds. The molecule has 6 heteroatoms. The fourth-order valence-electron chi connectivity index (χ4n) is 9.28. The Bertz CT molecular complexity index is 970. The van der Waals surface area contributed by atoms with Crippen LogP contribution in [0.15, 0.2) is 12.2 Å². The van der Waals surface area contributed by atoms with Gasteiger partial charge in [-0.3, -0.25) is 9.59 Å². The number of rotatable bonds is 55. The summed E-state index contributed by atoms with van der Waals surface area (Å²) in [5.74, 6) is -0.0535. The number of aliphatic hydroxyl groups is 2. The van der Waals surface area contributed by atoms with Crippen molar-refractivity contribution < 1.29 is 24.5 Å². The molecule has 6 nitrogen and oxygen atoms in total. The van der Waals surface area contributed by atoms with Crippen molar-refractivity contribution in [2.24, 2.45) is 0 Å². The number of carbonyl (C=O) groups is 2. The number of hydrogen-bond acceptors (Lipinski definition) is 5. The van der Waals surface area contributed by atoms with E-state index in [9.17, 15) is 19.8 Å². The third kappa shape index (κ3) is 51.8. The Morgan fingerprint density at radius 2 is 0.723 bits per heavy atom. The lowest BCUT2D eigenvalue weighted by molar-refractivity contribution is -0.143. The van der Waals surface area contributed by atoms with E-state index in [-0.39, 0.29) is 18.5 Å². The smallest absolute Gasteiger partial charge is 0.305 e. The molecule has 3 N–H and O–H groups in total. The van der Waals surface area contributed by atoms with Crippen molar-refractivity contribution in [2.75, 3.05) is 13.2 Å². The summed E-state index contributed by atoms with van der Waals surface area (Å²) in [6.45, 7) is 4.94. The fourth-order valence-corrected chi connectivity index (χ4v) is 9.28. The molecule has 0 aromatic carbocycles. The highest BCUT2D eigenvalue weighted by Gasteiger charge is 2.20. The summed E-state index contributed by atoms with van der Waals surface area (Å²) in [6.07, 6.45) is 64.9. The van der Waals surface area contributed by atoms with E-state index >= 15 is 0 Å². The summed E-state index contributed by atoms with van der Waals surface area (Å²) in [6, 6.07) is -0.552. The van der Waals surface area contributed by atoms with Crippen LogP contribution in [0.4, 0.5) is 0 Å². The van der Waals surface area contributed by atoms with Gasteiger partial charge in [0.05, 0.1) is 25.4 Å². The Morgan fingerprint density at radius 3 is 1.09 bits per heavy atom. The zero-order chi connectivity index (χ0) is 47.2. The lowest BCUT2D eigenvalue weighted by Crippen LogP contribution is -2.45. The third-order valence-electron chi connectivity index (χ3n) is 13.8. The van der Waals surface area contributed by atoms with E-state index < -0.39 is 12.1 Å².